The van der Waals surface area contributed by atoms with Crippen LogP contribution in [0.5, 0.6) is 11.5 Å². The number of amides is 1. The lowest BCUT2D eigenvalue weighted by Crippen LogP contribution is -2.41. The molecule has 0 aliphatic heterocycles. The fraction of sp³-hybridized carbons (Fsp3) is 0.300. The van der Waals surface area contributed by atoms with Crippen molar-refractivity contribution in [2.75, 3.05) is 18.9 Å². The van der Waals surface area contributed by atoms with Gasteiger partial charge in [-0.2, -0.15) is 0 Å². The summed E-state index contributed by atoms with van der Waals surface area (Å²) in [6.07, 6.45) is 1.57. The fourth-order valence-corrected chi connectivity index (χ4v) is 5.81. The van der Waals surface area contributed by atoms with Crippen LogP contribution in [0.1, 0.15) is 54.1 Å². The maximum absolute atomic E-state index is 13.2. The molecule has 0 saturated heterocycles. The van der Waals surface area contributed by atoms with Crippen molar-refractivity contribution in [3.8, 4) is 11.5 Å². The van der Waals surface area contributed by atoms with E-state index in [4.69, 9.17) is 9.47 Å². The lowest BCUT2D eigenvalue weighted by molar-refractivity contribution is 0.0928. The minimum absolute atomic E-state index is 0.0723. The van der Waals surface area contributed by atoms with Crippen molar-refractivity contribution in [3.63, 3.8) is 0 Å². The third kappa shape index (κ3) is 6.02. The molecule has 1 aliphatic carbocycles. The summed E-state index contributed by atoms with van der Waals surface area (Å²) in [7, 11) is -0.501. The minimum atomic E-state index is -3.72. The molecule has 3 aromatic rings. The van der Waals surface area contributed by atoms with E-state index in [-0.39, 0.29) is 22.8 Å². The van der Waals surface area contributed by atoms with Crippen LogP contribution in [-0.2, 0) is 10.0 Å². The molecule has 3 aromatic carbocycles. The molecule has 1 aliphatic rings. The molecule has 8 heteroatoms. The number of sulfonamides is 1. The summed E-state index contributed by atoms with van der Waals surface area (Å²) < 4.78 is 38.9. The summed E-state index contributed by atoms with van der Waals surface area (Å²) in [5.74, 6) is 1.18. The smallest absolute Gasteiger partial charge is 0.261 e. The van der Waals surface area contributed by atoms with Crippen LogP contribution in [0.15, 0.2) is 82.8 Å². The van der Waals surface area contributed by atoms with Gasteiger partial charge in [-0.3, -0.25) is 9.52 Å². The predicted molar refractivity (Wildman–Crippen MR) is 150 cm³/mol. The van der Waals surface area contributed by atoms with Gasteiger partial charge in [0.2, 0.25) is 0 Å². The molecule has 0 bridgehead atoms. The van der Waals surface area contributed by atoms with Gasteiger partial charge in [0.15, 0.2) is 11.5 Å². The molecule has 0 fully saturated rings. The van der Waals surface area contributed by atoms with E-state index in [1.54, 1.807) is 62.8 Å². The highest BCUT2D eigenvalue weighted by molar-refractivity contribution is 7.92. The van der Waals surface area contributed by atoms with Gasteiger partial charge in [0, 0.05) is 23.2 Å². The van der Waals surface area contributed by atoms with Gasteiger partial charge in [0.1, 0.15) is 0 Å². The molecule has 2 N–H and O–H groups in total. The SMILES string of the molecule is COc1ccc([C@H]2CC(C)=C(C)C[C@H]2NC(=O)c2ccc(NS(=O)(=O)c3ccc(C)cc3)cc2)cc1OC. The molecule has 38 heavy (non-hydrogen) atoms. The molecule has 7 nitrogen and oxygen atoms in total. The molecule has 0 spiro atoms. The number of carbonyl (C=O) groups is 1. The summed E-state index contributed by atoms with van der Waals surface area (Å²) in [4.78, 5) is 13.4. The van der Waals surface area contributed by atoms with Crippen molar-refractivity contribution in [2.45, 2.75) is 50.5 Å². The molecule has 0 saturated carbocycles. The molecule has 2 atom stereocenters. The Balaban J connectivity index is 1.51. The third-order valence-corrected chi connectivity index (χ3v) is 8.55. The van der Waals surface area contributed by atoms with E-state index in [2.05, 4.69) is 23.9 Å². The van der Waals surface area contributed by atoms with Crippen LogP contribution in [-0.4, -0.2) is 34.6 Å². The Kier molecular flexibility index (Phi) is 8.11. The number of methoxy groups -OCH3 is 2. The topological polar surface area (TPSA) is 93.7 Å². The zero-order valence-corrected chi connectivity index (χ0v) is 23.2. The van der Waals surface area contributed by atoms with Crippen molar-refractivity contribution in [1.29, 1.82) is 0 Å². The van der Waals surface area contributed by atoms with Crippen LogP contribution in [0.25, 0.3) is 0 Å². The molecule has 1 amide bonds. The van der Waals surface area contributed by atoms with Gasteiger partial charge < -0.3 is 14.8 Å². The first-order chi connectivity index (χ1) is 18.1. The Morgan fingerprint density at radius 3 is 2.08 bits per heavy atom. The summed E-state index contributed by atoms with van der Waals surface area (Å²) in [6, 6.07) is 18.9. The first-order valence-corrected chi connectivity index (χ1v) is 14.0. The third-order valence-electron chi connectivity index (χ3n) is 7.15. The lowest BCUT2D eigenvalue weighted by atomic mass is 9.77. The van der Waals surface area contributed by atoms with Gasteiger partial charge in [-0.15, -0.1) is 0 Å². The number of benzene rings is 3. The number of nitrogens with one attached hydrogen (secondary N) is 2. The van der Waals surface area contributed by atoms with Crippen molar-refractivity contribution in [1.82, 2.24) is 5.32 Å². The monoisotopic (exact) mass is 534 g/mol. The van der Waals surface area contributed by atoms with E-state index in [1.165, 1.54) is 11.1 Å². The first-order valence-electron chi connectivity index (χ1n) is 12.5. The average molecular weight is 535 g/mol. The van der Waals surface area contributed by atoms with Crippen molar-refractivity contribution < 1.29 is 22.7 Å². The molecule has 0 unspecified atom stereocenters. The number of carbonyl (C=O) groups excluding carboxylic acids is 1. The zero-order valence-electron chi connectivity index (χ0n) is 22.4. The number of allylic oxidation sites excluding steroid dienone is 1. The molecule has 0 aromatic heterocycles. The number of ether oxygens (including phenoxy) is 2. The molecular formula is C30H34N2O5S. The Morgan fingerprint density at radius 1 is 0.816 bits per heavy atom. The van der Waals surface area contributed by atoms with E-state index >= 15 is 0 Å². The number of aryl methyl sites for hydroxylation is 1. The second-order valence-corrected chi connectivity index (χ2v) is 11.4. The quantitative estimate of drug-likeness (QED) is 0.355. The Labute approximate surface area is 224 Å². The van der Waals surface area contributed by atoms with Gasteiger partial charge in [0.25, 0.3) is 15.9 Å². The molecule has 4 rings (SSSR count). The Bertz CT molecular complexity index is 1440. The van der Waals surface area contributed by atoms with Crippen LogP contribution in [0.3, 0.4) is 0 Å². The maximum Gasteiger partial charge on any atom is 0.261 e. The van der Waals surface area contributed by atoms with Gasteiger partial charge in [-0.25, -0.2) is 8.42 Å². The standard InChI is InChI=1S/C30H34N2O5S/c1-19-6-13-25(14-7-19)38(34,35)32-24-11-8-22(9-12-24)30(33)31-27-17-21(3)20(2)16-26(27)23-10-15-28(36-4)29(18-23)37-5/h6-15,18,26-27,32H,16-17H2,1-5H3,(H,31,33)/t26-,27-/m1/s1. The normalized spacial score (nSPS) is 17.6. The lowest BCUT2D eigenvalue weighted by Gasteiger charge is -2.34. The number of anilines is 1. The molecular weight excluding hydrogens is 500 g/mol. The van der Waals surface area contributed by atoms with Crippen LogP contribution in [0.4, 0.5) is 5.69 Å². The minimum Gasteiger partial charge on any atom is -0.493 e. The van der Waals surface area contributed by atoms with Crippen molar-refractivity contribution in [2.24, 2.45) is 0 Å². The highest BCUT2D eigenvalue weighted by atomic mass is 32.2. The molecule has 0 radical (unpaired) electrons. The summed E-state index contributed by atoms with van der Waals surface area (Å²) in [5.41, 5.74) is 5.48. The van der Waals surface area contributed by atoms with Gasteiger partial charge in [-0.1, -0.05) is 34.9 Å². The highest BCUT2D eigenvalue weighted by Crippen LogP contribution is 2.39. The summed E-state index contributed by atoms with van der Waals surface area (Å²) in [5, 5.41) is 3.22. The highest BCUT2D eigenvalue weighted by Gasteiger charge is 2.30. The van der Waals surface area contributed by atoms with Crippen LogP contribution < -0.4 is 19.5 Å². The van der Waals surface area contributed by atoms with E-state index < -0.39 is 10.0 Å². The maximum atomic E-state index is 13.2. The van der Waals surface area contributed by atoms with Crippen molar-refractivity contribution >= 4 is 21.6 Å². The average Bonchev–Trinajstić information content (AvgIpc) is 2.90. The van der Waals surface area contributed by atoms with Gasteiger partial charge >= 0.3 is 0 Å². The van der Waals surface area contributed by atoms with Crippen LogP contribution in [0.2, 0.25) is 0 Å². The van der Waals surface area contributed by atoms with Crippen molar-refractivity contribution in [3.05, 3.63) is 94.6 Å². The number of hydrogen-bond donors (Lipinski definition) is 2. The number of rotatable bonds is 8. The second-order valence-electron chi connectivity index (χ2n) is 9.77. The first kappa shape index (κ1) is 27.3. The van der Waals surface area contributed by atoms with E-state index in [1.807, 2.05) is 25.1 Å². The number of hydrogen-bond acceptors (Lipinski definition) is 5. The largest absolute Gasteiger partial charge is 0.493 e. The molecule has 0 heterocycles. The fourth-order valence-electron chi connectivity index (χ4n) is 4.75. The Morgan fingerprint density at radius 2 is 1.45 bits per heavy atom. The predicted octanol–water partition coefficient (Wildman–Crippen LogP) is 5.83. The zero-order chi connectivity index (χ0) is 27.4. The van der Waals surface area contributed by atoms with E-state index in [0.29, 0.717) is 22.7 Å². The van der Waals surface area contributed by atoms with E-state index in [0.717, 1.165) is 24.0 Å². The van der Waals surface area contributed by atoms with E-state index in [9.17, 15) is 13.2 Å². The Hall–Kier alpha value is -3.78. The van der Waals surface area contributed by atoms with Gasteiger partial charge in [0.05, 0.1) is 19.1 Å². The second kappa shape index (κ2) is 11.3. The van der Waals surface area contributed by atoms with Crippen LogP contribution in [0, 0.1) is 6.92 Å². The van der Waals surface area contributed by atoms with Crippen LogP contribution >= 0.6 is 0 Å². The summed E-state index contributed by atoms with van der Waals surface area (Å²) in [6.45, 7) is 6.14. The summed E-state index contributed by atoms with van der Waals surface area (Å²) >= 11 is 0. The molecule has 200 valence electrons. The van der Waals surface area contributed by atoms with Gasteiger partial charge in [-0.05, 0) is 87.7 Å².